The Morgan fingerprint density at radius 1 is 0.970 bits per heavy atom. The van der Waals surface area contributed by atoms with Gasteiger partial charge in [0.05, 0.1) is 32.7 Å². The van der Waals surface area contributed by atoms with Crippen LogP contribution in [0, 0.1) is 0 Å². The van der Waals surface area contributed by atoms with Gasteiger partial charge in [-0.1, -0.05) is 34.8 Å². The van der Waals surface area contributed by atoms with Gasteiger partial charge in [-0.15, -0.1) is 0 Å². The normalized spacial score (nSPS) is 15.3. The fourth-order valence-electron chi connectivity index (χ4n) is 3.92. The maximum atomic E-state index is 12.9. The van der Waals surface area contributed by atoms with Crippen molar-refractivity contribution in [3.8, 4) is 5.69 Å². The van der Waals surface area contributed by atoms with Crippen molar-refractivity contribution in [3.63, 3.8) is 0 Å². The number of alkyl halides is 3. The molecule has 3 heterocycles. The van der Waals surface area contributed by atoms with Gasteiger partial charge in [-0.25, -0.2) is 4.68 Å². The minimum absolute atomic E-state index is 0.0417. The smallest absolute Gasteiger partial charge is 0.366 e. The number of nitrogens with zero attached hydrogens (tertiary/aromatic N) is 5. The summed E-state index contributed by atoms with van der Waals surface area (Å²) in [6, 6.07) is 4.39. The van der Waals surface area contributed by atoms with Gasteiger partial charge in [0.15, 0.2) is 0 Å². The van der Waals surface area contributed by atoms with Crippen molar-refractivity contribution in [3.05, 3.63) is 73.3 Å². The number of rotatable bonds is 4. The Hall–Kier alpha value is -2.20. The second-order valence-electron chi connectivity index (χ2n) is 7.66. The topological polar surface area (TPSA) is 46.3 Å². The van der Waals surface area contributed by atoms with Crippen LogP contribution in [0.1, 0.15) is 11.3 Å². The molecule has 0 spiro atoms. The molecule has 0 unspecified atom stereocenters. The van der Waals surface area contributed by atoms with Crippen LogP contribution in [0.25, 0.3) is 5.69 Å². The Morgan fingerprint density at radius 3 is 2.09 bits per heavy atom. The molecule has 0 amide bonds. The van der Waals surface area contributed by atoms with E-state index in [0.717, 1.165) is 17.8 Å². The highest BCUT2D eigenvalue weighted by molar-refractivity contribution is 6.38. The van der Waals surface area contributed by atoms with Gasteiger partial charge in [0.1, 0.15) is 5.02 Å². The fourth-order valence-corrected chi connectivity index (χ4v) is 4.78. The lowest BCUT2D eigenvalue weighted by Crippen LogP contribution is -2.46. The molecule has 1 aliphatic heterocycles. The molecule has 3 aromatic rings. The van der Waals surface area contributed by atoms with Crippen molar-refractivity contribution >= 4 is 40.5 Å². The molecular weight excluding hydrogens is 502 g/mol. The fraction of sp³-hybridized carbons (Fsp3) is 0.333. The molecule has 33 heavy (non-hydrogen) atoms. The number of halogens is 6. The first-order valence-electron chi connectivity index (χ1n) is 9.98. The molecule has 2 aromatic heterocycles. The van der Waals surface area contributed by atoms with Crippen molar-refractivity contribution < 1.29 is 13.2 Å². The summed E-state index contributed by atoms with van der Waals surface area (Å²) < 4.78 is 41.5. The summed E-state index contributed by atoms with van der Waals surface area (Å²) >= 11 is 18.9. The molecule has 0 saturated carbocycles. The molecule has 0 aliphatic carbocycles. The summed E-state index contributed by atoms with van der Waals surface area (Å²) in [7, 11) is 1.66. The number of benzene rings is 1. The second kappa shape index (κ2) is 9.21. The van der Waals surface area contributed by atoms with Crippen LogP contribution >= 0.6 is 34.8 Å². The molecule has 4 rings (SSSR count). The minimum atomic E-state index is -4.45. The number of anilines is 1. The van der Waals surface area contributed by atoms with Gasteiger partial charge in [-0.3, -0.25) is 19.4 Å². The lowest BCUT2D eigenvalue weighted by atomic mass is 10.2. The quantitative estimate of drug-likeness (QED) is 0.492. The molecule has 0 bridgehead atoms. The maximum Gasteiger partial charge on any atom is 0.416 e. The van der Waals surface area contributed by atoms with E-state index in [2.05, 4.69) is 14.8 Å². The molecule has 1 aromatic carbocycles. The van der Waals surface area contributed by atoms with Gasteiger partial charge >= 0.3 is 6.18 Å². The van der Waals surface area contributed by atoms with E-state index >= 15 is 0 Å². The first-order chi connectivity index (χ1) is 15.6. The van der Waals surface area contributed by atoms with Crippen molar-refractivity contribution in [2.45, 2.75) is 12.7 Å². The predicted octanol–water partition coefficient (Wildman–Crippen LogP) is 4.87. The molecule has 0 N–H and O–H groups in total. The molecular formula is C21H19Cl3F3N5O. The van der Waals surface area contributed by atoms with E-state index in [1.807, 2.05) is 0 Å². The van der Waals surface area contributed by atoms with Gasteiger partial charge in [0.25, 0.3) is 5.56 Å². The third-order valence-corrected chi connectivity index (χ3v) is 6.59. The molecule has 1 saturated heterocycles. The third-order valence-electron chi connectivity index (χ3n) is 5.65. The zero-order valence-electron chi connectivity index (χ0n) is 17.4. The average molecular weight is 521 g/mol. The number of hydrogen-bond donors (Lipinski definition) is 0. The molecule has 6 nitrogen and oxygen atoms in total. The van der Waals surface area contributed by atoms with E-state index in [1.54, 1.807) is 24.1 Å². The first-order valence-corrected chi connectivity index (χ1v) is 11.1. The molecule has 0 radical (unpaired) electrons. The first kappa shape index (κ1) is 23.9. The highest BCUT2D eigenvalue weighted by Gasteiger charge is 2.30. The van der Waals surface area contributed by atoms with Gasteiger partial charge < -0.3 is 4.90 Å². The van der Waals surface area contributed by atoms with Crippen LogP contribution in [0.15, 0.2) is 41.5 Å². The van der Waals surface area contributed by atoms with Crippen LogP contribution < -0.4 is 10.5 Å². The van der Waals surface area contributed by atoms with Crippen molar-refractivity contribution in [1.82, 2.24) is 19.2 Å². The molecule has 1 aliphatic rings. The summed E-state index contributed by atoms with van der Waals surface area (Å²) in [5, 5.41) is 1.00. The summed E-state index contributed by atoms with van der Waals surface area (Å²) in [6.07, 6.45) is -1.35. The minimum Gasteiger partial charge on any atom is -0.366 e. The Bertz CT molecular complexity index is 1200. The third kappa shape index (κ3) is 4.73. The Labute approximate surface area is 202 Å². The van der Waals surface area contributed by atoms with E-state index in [4.69, 9.17) is 34.8 Å². The van der Waals surface area contributed by atoms with E-state index in [0.29, 0.717) is 54.2 Å². The molecule has 176 valence electrons. The maximum absolute atomic E-state index is 12.9. The van der Waals surface area contributed by atoms with E-state index in [1.165, 1.54) is 16.8 Å². The Balaban J connectivity index is 1.52. The lowest BCUT2D eigenvalue weighted by Gasteiger charge is -2.36. The number of pyridine rings is 1. The van der Waals surface area contributed by atoms with Crippen molar-refractivity contribution in [1.29, 1.82) is 0 Å². The number of aromatic nitrogens is 3. The van der Waals surface area contributed by atoms with Crippen molar-refractivity contribution in [2.24, 2.45) is 7.05 Å². The van der Waals surface area contributed by atoms with Gasteiger partial charge in [0, 0.05) is 52.2 Å². The highest BCUT2D eigenvalue weighted by Crippen LogP contribution is 2.33. The van der Waals surface area contributed by atoms with E-state index < -0.39 is 17.3 Å². The molecule has 12 heteroatoms. The predicted molar refractivity (Wildman–Crippen MR) is 123 cm³/mol. The molecule has 1 fully saturated rings. The van der Waals surface area contributed by atoms with Crippen LogP contribution in [-0.4, -0.2) is 45.4 Å². The molecule has 0 atom stereocenters. The average Bonchev–Trinajstić information content (AvgIpc) is 2.97. The summed E-state index contributed by atoms with van der Waals surface area (Å²) in [6.45, 7) is 3.07. The van der Waals surface area contributed by atoms with Crippen LogP contribution in [0.4, 0.5) is 18.9 Å². The Kier molecular flexibility index (Phi) is 6.68. The monoisotopic (exact) mass is 519 g/mol. The SMILES string of the molecule is Cn1c(CN2CCN(c3c(Cl)cncc3Cl)CC2)c(Cl)c(=O)n1-c1ccc(C(F)(F)F)cc1. The summed E-state index contributed by atoms with van der Waals surface area (Å²) in [4.78, 5) is 21.0. The van der Waals surface area contributed by atoms with Crippen LogP contribution in [0.2, 0.25) is 15.1 Å². The summed E-state index contributed by atoms with van der Waals surface area (Å²) in [5.74, 6) is 0. The highest BCUT2D eigenvalue weighted by atomic mass is 35.5. The van der Waals surface area contributed by atoms with Crippen LogP contribution in [-0.2, 0) is 19.8 Å². The van der Waals surface area contributed by atoms with Gasteiger partial charge in [-0.05, 0) is 24.3 Å². The second-order valence-corrected chi connectivity index (χ2v) is 8.85. The number of hydrogen-bond acceptors (Lipinski definition) is 4. The summed E-state index contributed by atoms with van der Waals surface area (Å²) in [5.41, 5.74) is 0.354. The zero-order chi connectivity index (χ0) is 23.9. The lowest BCUT2D eigenvalue weighted by molar-refractivity contribution is -0.137. The van der Waals surface area contributed by atoms with E-state index in [9.17, 15) is 18.0 Å². The van der Waals surface area contributed by atoms with Crippen molar-refractivity contribution in [2.75, 3.05) is 31.1 Å². The van der Waals surface area contributed by atoms with Gasteiger partial charge in [-0.2, -0.15) is 13.2 Å². The van der Waals surface area contributed by atoms with Crippen LogP contribution in [0.5, 0.6) is 0 Å². The Morgan fingerprint density at radius 2 is 1.55 bits per heavy atom. The standard InChI is InChI=1S/C21H19Cl3F3N5O/c1-29-17(12-30-6-8-31(9-7-30)19-15(22)10-28-11-16(19)23)18(24)20(33)32(29)14-4-2-13(3-5-14)21(25,26)27/h2-5,10-11H,6-9,12H2,1H3. The largest absolute Gasteiger partial charge is 0.416 e. The van der Waals surface area contributed by atoms with Gasteiger partial charge in [0.2, 0.25) is 0 Å². The number of piperazine rings is 1. The van der Waals surface area contributed by atoms with Crippen LogP contribution in [0.3, 0.4) is 0 Å². The zero-order valence-corrected chi connectivity index (χ0v) is 19.7. The van der Waals surface area contributed by atoms with E-state index in [-0.39, 0.29) is 5.02 Å².